The average Bonchev–Trinajstić information content (AvgIpc) is 3.85. The molecule has 3 aliphatic rings. The predicted molar refractivity (Wildman–Crippen MR) is 251 cm³/mol. The fraction of sp³-hybridized carbons (Fsp3) is 0.750. The number of hydrogen-bond acceptors (Lipinski definition) is 16. The van der Waals surface area contributed by atoms with E-state index >= 15 is 0 Å². The molecule has 0 saturated carbocycles. The van der Waals surface area contributed by atoms with E-state index in [0.29, 0.717) is 63.1 Å². The summed E-state index contributed by atoms with van der Waals surface area (Å²) in [6, 6.07) is 6.06. The quantitative estimate of drug-likeness (QED) is 0.0897. The molecule has 1 aromatic carbocycles. The van der Waals surface area contributed by atoms with E-state index < -0.39 is 89.3 Å². The molecule has 376 valence electrons. The number of aliphatic hydroxyl groups is 1. The number of nitrogens with two attached hydrogens (primary N) is 1. The highest BCUT2D eigenvalue weighted by Crippen LogP contribution is 2.40. The van der Waals surface area contributed by atoms with Crippen molar-refractivity contribution in [2.45, 2.75) is 174 Å². The van der Waals surface area contributed by atoms with Crippen molar-refractivity contribution in [3.63, 3.8) is 0 Å². The molecule has 13 atom stereocenters. The lowest BCUT2D eigenvalue weighted by molar-refractivity contribution is -0.296. The Bertz CT molecular complexity index is 2000. The summed E-state index contributed by atoms with van der Waals surface area (Å²) < 4.78 is 38.7. The number of rotatable bonds is 13. The molecule has 1 aromatic heterocycles. The molecule has 5 N–H and O–H groups in total. The summed E-state index contributed by atoms with van der Waals surface area (Å²) in [6.07, 6.45) is -1.16. The maximum atomic E-state index is 14.5. The van der Waals surface area contributed by atoms with Crippen molar-refractivity contribution < 1.29 is 52.7 Å². The van der Waals surface area contributed by atoms with Crippen LogP contribution in [0.2, 0.25) is 0 Å². The molecule has 2 aromatic rings. The van der Waals surface area contributed by atoms with E-state index in [1.165, 1.54) is 6.92 Å². The summed E-state index contributed by atoms with van der Waals surface area (Å²) in [6.45, 7) is 19.8. The van der Waals surface area contributed by atoms with E-state index in [2.05, 4.69) is 27.9 Å². The van der Waals surface area contributed by atoms with Crippen LogP contribution in [0.4, 0.5) is 15.3 Å². The van der Waals surface area contributed by atoms with Crippen molar-refractivity contribution in [1.29, 1.82) is 0 Å². The van der Waals surface area contributed by atoms with Gasteiger partial charge in [-0.3, -0.25) is 24.5 Å². The first-order chi connectivity index (χ1) is 31.4. The molecule has 0 radical (unpaired) electrons. The predicted octanol–water partition coefficient (Wildman–Crippen LogP) is 4.99. The van der Waals surface area contributed by atoms with Gasteiger partial charge in [0, 0.05) is 56.0 Å². The minimum absolute atomic E-state index is 0.0549. The monoisotopic (exact) mass is 943 g/mol. The number of ether oxygens (including phenoxy) is 6. The average molecular weight is 943 g/mol. The van der Waals surface area contributed by atoms with Gasteiger partial charge in [0.15, 0.2) is 17.7 Å². The molecule has 67 heavy (non-hydrogen) atoms. The number of aliphatic hydroxyl groups excluding tert-OH is 1. The highest BCUT2D eigenvalue weighted by Gasteiger charge is 2.59. The number of hydrogen-bond donors (Lipinski definition) is 4. The van der Waals surface area contributed by atoms with Crippen molar-refractivity contribution >= 4 is 29.6 Å². The molecule has 19 nitrogen and oxygen atoms in total. The zero-order valence-electron chi connectivity index (χ0n) is 41.9. The van der Waals surface area contributed by atoms with Gasteiger partial charge >= 0.3 is 18.2 Å². The molecule has 3 unspecified atom stereocenters. The van der Waals surface area contributed by atoms with Crippen molar-refractivity contribution in [3.8, 4) is 11.3 Å². The lowest BCUT2D eigenvalue weighted by Gasteiger charge is -2.47. The number of Topliss-reactive ketones (excluding diaryl/α,β-unsaturated/α-hetero) is 1. The second kappa shape index (κ2) is 22.5. The van der Waals surface area contributed by atoms with Crippen LogP contribution in [0, 0.1) is 17.8 Å². The van der Waals surface area contributed by atoms with Gasteiger partial charge in [0.25, 0.3) is 0 Å². The number of anilines is 1. The Kier molecular flexibility index (Phi) is 18.0. The molecule has 0 aliphatic carbocycles. The van der Waals surface area contributed by atoms with Gasteiger partial charge in [-0.2, -0.15) is 0 Å². The van der Waals surface area contributed by atoms with E-state index in [9.17, 15) is 24.3 Å². The summed E-state index contributed by atoms with van der Waals surface area (Å²) >= 11 is 0. The molecule has 3 aliphatic heterocycles. The highest BCUT2D eigenvalue weighted by atomic mass is 16.7. The lowest BCUT2D eigenvalue weighted by Crippen LogP contribution is -2.61. The number of cyclic esters (lactones) is 1. The van der Waals surface area contributed by atoms with Gasteiger partial charge in [-0.1, -0.05) is 38.1 Å². The maximum absolute atomic E-state index is 14.5. The number of aryl methyl sites for hydroxylation is 1. The molecule has 19 heteroatoms. The van der Waals surface area contributed by atoms with Crippen LogP contribution in [0.3, 0.4) is 0 Å². The number of likely N-dealkylation sites (N-methyl/N-ethyl adjacent to an activating group) is 1. The second-order valence-corrected chi connectivity index (χ2v) is 20.4. The molecule has 0 bridgehead atoms. The molecule has 4 heterocycles. The summed E-state index contributed by atoms with van der Waals surface area (Å²) in [5, 5.41) is 26.7. The SMILES string of the molecule is CC[C@H]1OC(=O)[C@H](C)C(=O)[C@H](C)[C@@H](O[C@@H]2OC(CN)CC(N(C)C)C2O)[C@](C)(OC)C[C@@H](C)CN[C@H](C)[C@H]2N(CCCCn3cc(-c4cccc(NC(=O)OC(C)(C)C)c4)nn3)C(=O)O[C@]12C. The van der Waals surface area contributed by atoms with E-state index in [4.69, 9.17) is 34.2 Å². The number of aromatic nitrogens is 3. The van der Waals surface area contributed by atoms with Crippen LogP contribution < -0.4 is 16.4 Å². The highest BCUT2D eigenvalue weighted by molar-refractivity contribution is 6.00. The third kappa shape index (κ3) is 12.9. The zero-order valence-corrected chi connectivity index (χ0v) is 41.9. The summed E-state index contributed by atoms with van der Waals surface area (Å²) in [5.74, 6) is -3.36. The minimum atomic E-state index is -1.27. The molecule has 3 fully saturated rings. The molecule has 2 amide bonds. The van der Waals surface area contributed by atoms with E-state index in [1.807, 2.05) is 58.1 Å². The first-order valence-electron chi connectivity index (χ1n) is 23.8. The van der Waals surface area contributed by atoms with Crippen LogP contribution in [0.25, 0.3) is 11.3 Å². The largest absolute Gasteiger partial charge is 0.458 e. The number of esters is 1. The molecule has 5 rings (SSSR count). The Labute approximate surface area is 396 Å². The number of nitrogens with zero attached hydrogens (tertiary/aromatic N) is 5. The van der Waals surface area contributed by atoms with Gasteiger partial charge in [0.2, 0.25) is 0 Å². The first kappa shape index (κ1) is 53.7. The second-order valence-electron chi connectivity index (χ2n) is 20.4. The number of nitrogens with one attached hydrogen (secondary N) is 2. The van der Waals surface area contributed by atoms with E-state index in [-0.39, 0.29) is 24.5 Å². The van der Waals surface area contributed by atoms with Gasteiger partial charge in [-0.25, -0.2) is 9.59 Å². The van der Waals surface area contributed by atoms with Crippen LogP contribution in [0.1, 0.15) is 101 Å². The van der Waals surface area contributed by atoms with Crippen LogP contribution >= 0.6 is 0 Å². The van der Waals surface area contributed by atoms with Crippen LogP contribution in [0.5, 0.6) is 0 Å². The minimum Gasteiger partial charge on any atom is -0.458 e. The lowest BCUT2D eigenvalue weighted by atomic mass is 9.78. The van der Waals surface area contributed by atoms with E-state index in [0.717, 1.165) is 5.56 Å². The third-order valence-corrected chi connectivity index (χ3v) is 13.6. The Morgan fingerprint density at radius 1 is 1.10 bits per heavy atom. The van der Waals surface area contributed by atoms with Crippen molar-refractivity contribution in [1.82, 2.24) is 30.1 Å². The topological polar surface area (TPSA) is 231 Å². The van der Waals surface area contributed by atoms with E-state index in [1.54, 1.807) is 63.4 Å². The fourth-order valence-electron chi connectivity index (χ4n) is 9.97. The standard InChI is InChI=1S/C48H78N8O11/c1-14-37-48(10)40(56(45(61)67-48)21-16-15-20-55-27-35(52-53-55)32-18-17-19-33(22-32)51-44(60)66-46(6,7)8)31(5)50-26-28(2)24-47(9,62-13)41(29(3)38(57)30(4)42(59)64-37)65-43-39(58)36(54(11)12)23-34(25-49)63-43/h17-19,22,27-31,34,36-37,39-41,43,50,58H,14-16,20-21,23-26,49H2,1-13H3,(H,51,60)/t28-,29+,30-,31-,34?,36?,37-,39?,40-,41-,43+,47-,48-/m1/s1. The zero-order chi connectivity index (χ0) is 49.6. The Morgan fingerprint density at radius 2 is 1.81 bits per heavy atom. The number of carbonyl (C=O) groups is 4. The number of fused-ring (bicyclic) bond motifs is 1. The Balaban J connectivity index is 1.33. The number of methoxy groups -OCH3 is 1. The fourth-order valence-corrected chi connectivity index (χ4v) is 9.97. The number of ketones is 1. The van der Waals surface area contributed by atoms with Gasteiger partial charge in [-0.05, 0) is 119 Å². The van der Waals surface area contributed by atoms with Crippen molar-refractivity contribution in [2.24, 2.45) is 23.5 Å². The summed E-state index contributed by atoms with van der Waals surface area (Å²) in [4.78, 5) is 58.5. The van der Waals surface area contributed by atoms with Crippen LogP contribution in [0.15, 0.2) is 30.5 Å². The number of unbranched alkanes of at least 4 members (excludes halogenated alkanes) is 1. The Hall–Kier alpha value is -4.24. The molecular weight excluding hydrogens is 865 g/mol. The first-order valence-corrected chi connectivity index (χ1v) is 23.8. The van der Waals surface area contributed by atoms with Crippen LogP contribution in [-0.4, -0.2) is 160 Å². The van der Waals surface area contributed by atoms with Gasteiger partial charge in [0.1, 0.15) is 29.4 Å². The number of carbonyl (C=O) groups excluding carboxylic acids is 4. The van der Waals surface area contributed by atoms with Crippen molar-refractivity contribution in [2.75, 3.05) is 46.2 Å². The summed E-state index contributed by atoms with van der Waals surface area (Å²) in [7, 11) is 5.31. The normalized spacial score (nSPS) is 33.6. The summed E-state index contributed by atoms with van der Waals surface area (Å²) in [5.41, 5.74) is 5.03. The van der Waals surface area contributed by atoms with Crippen molar-refractivity contribution in [3.05, 3.63) is 30.5 Å². The molecule has 0 spiro atoms. The number of benzene rings is 1. The van der Waals surface area contributed by atoms with Gasteiger partial charge in [0.05, 0.1) is 30.0 Å². The van der Waals surface area contributed by atoms with Gasteiger partial charge < -0.3 is 49.5 Å². The van der Waals surface area contributed by atoms with Gasteiger partial charge in [-0.15, -0.1) is 5.10 Å². The number of amides is 2. The molecular formula is C48H78N8O11. The third-order valence-electron chi connectivity index (χ3n) is 13.6. The maximum Gasteiger partial charge on any atom is 0.412 e. The molecule has 3 saturated heterocycles. The van der Waals surface area contributed by atoms with Crippen LogP contribution in [-0.2, 0) is 44.6 Å². The smallest absolute Gasteiger partial charge is 0.412 e. The Morgan fingerprint density at radius 3 is 2.45 bits per heavy atom.